The molecule has 1 heterocycles. The summed E-state index contributed by atoms with van der Waals surface area (Å²) in [4.78, 5) is 1.07. The Morgan fingerprint density at radius 2 is 1.82 bits per heavy atom. The van der Waals surface area contributed by atoms with Crippen molar-refractivity contribution in [2.24, 2.45) is 0 Å². The normalized spacial score (nSPS) is 12.8. The topological polar surface area (TPSA) is 0 Å². The lowest BCUT2D eigenvalue weighted by Crippen LogP contribution is -1.97. The average molecular weight is 350 g/mol. The smallest absolute Gasteiger partial charge is 0.0933 e. The summed E-state index contributed by atoms with van der Waals surface area (Å²) in [5.74, 6) is 0. The molecule has 2 aromatic rings. The first-order chi connectivity index (χ1) is 8.00. The zero-order valence-electron chi connectivity index (χ0n) is 9.43. The van der Waals surface area contributed by atoms with E-state index in [2.05, 4.69) is 48.0 Å². The number of hydrogen-bond acceptors (Lipinski definition) is 1. The minimum Gasteiger partial charge on any atom is -0.130 e. The fraction of sp³-hybridized carbons (Fsp3) is 0.231. The van der Waals surface area contributed by atoms with E-state index >= 15 is 0 Å². The maximum absolute atomic E-state index is 6.56. The van der Waals surface area contributed by atoms with Gasteiger partial charge in [0, 0.05) is 4.88 Å². The van der Waals surface area contributed by atoms with Gasteiger partial charge in [0.25, 0.3) is 0 Å². The lowest BCUT2D eigenvalue weighted by atomic mass is 9.99. The molecule has 0 N–H and O–H groups in total. The Kier molecular flexibility index (Phi) is 4.19. The quantitative estimate of drug-likeness (QED) is 0.574. The number of benzene rings is 1. The molecule has 1 atom stereocenters. The SMILES string of the molecule is Cc1cccc(C)c1C(Cl)c1cc(Cl)c(Br)s1. The molecule has 0 saturated heterocycles. The summed E-state index contributed by atoms with van der Waals surface area (Å²) in [6.45, 7) is 4.17. The maximum atomic E-state index is 6.56. The van der Waals surface area contributed by atoms with E-state index in [0.717, 1.165) is 13.7 Å². The van der Waals surface area contributed by atoms with E-state index in [9.17, 15) is 0 Å². The van der Waals surface area contributed by atoms with Crippen LogP contribution in [0.15, 0.2) is 28.1 Å². The number of thiophene rings is 1. The molecular formula is C13H11BrCl2S. The second-order valence-electron chi connectivity index (χ2n) is 3.94. The molecule has 0 bridgehead atoms. The highest BCUT2D eigenvalue weighted by atomic mass is 79.9. The van der Waals surface area contributed by atoms with Gasteiger partial charge in [-0.15, -0.1) is 22.9 Å². The van der Waals surface area contributed by atoms with Crippen molar-refractivity contribution in [2.45, 2.75) is 19.2 Å². The molecule has 0 aliphatic rings. The van der Waals surface area contributed by atoms with Crippen LogP contribution in [0.2, 0.25) is 5.02 Å². The highest BCUT2D eigenvalue weighted by molar-refractivity contribution is 9.11. The highest BCUT2D eigenvalue weighted by Crippen LogP contribution is 2.41. The van der Waals surface area contributed by atoms with Crippen molar-refractivity contribution in [3.05, 3.63) is 54.6 Å². The predicted molar refractivity (Wildman–Crippen MR) is 80.6 cm³/mol. The molecule has 0 fully saturated rings. The molecule has 17 heavy (non-hydrogen) atoms. The van der Waals surface area contributed by atoms with E-state index in [-0.39, 0.29) is 5.38 Å². The Bertz CT molecular complexity index is 509. The lowest BCUT2D eigenvalue weighted by Gasteiger charge is -2.14. The second kappa shape index (κ2) is 5.31. The third-order valence-electron chi connectivity index (χ3n) is 2.71. The number of aryl methyl sites for hydroxylation is 2. The van der Waals surface area contributed by atoms with Gasteiger partial charge in [-0.05, 0) is 52.5 Å². The minimum atomic E-state index is -0.134. The van der Waals surface area contributed by atoms with Crippen molar-refractivity contribution in [2.75, 3.05) is 0 Å². The van der Waals surface area contributed by atoms with Crippen LogP contribution in [0.5, 0.6) is 0 Å². The minimum absolute atomic E-state index is 0.134. The molecule has 1 unspecified atom stereocenters. The second-order valence-corrected chi connectivity index (χ2v) is 7.18. The van der Waals surface area contributed by atoms with Crippen molar-refractivity contribution in [1.29, 1.82) is 0 Å². The lowest BCUT2D eigenvalue weighted by molar-refractivity contribution is 1.11. The highest BCUT2D eigenvalue weighted by Gasteiger charge is 2.18. The molecule has 2 rings (SSSR count). The molecule has 4 heteroatoms. The van der Waals surface area contributed by atoms with Gasteiger partial charge in [-0.1, -0.05) is 29.8 Å². The van der Waals surface area contributed by atoms with Crippen LogP contribution >= 0.6 is 50.5 Å². The Labute approximate surface area is 124 Å². The zero-order chi connectivity index (χ0) is 12.6. The summed E-state index contributed by atoms with van der Waals surface area (Å²) in [7, 11) is 0. The monoisotopic (exact) mass is 348 g/mol. The van der Waals surface area contributed by atoms with Crippen LogP contribution < -0.4 is 0 Å². The Balaban J connectivity index is 2.47. The van der Waals surface area contributed by atoms with Crippen LogP contribution in [-0.4, -0.2) is 0 Å². The Hall–Kier alpha value is -0.0200. The van der Waals surface area contributed by atoms with Crippen molar-refractivity contribution >= 4 is 50.5 Å². The number of rotatable bonds is 2. The molecule has 0 saturated carbocycles. The zero-order valence-corrected chi connectivity index (χ0v) is 13.3. The molecule has 0 spiro atoms. The van der Waals surface area contributed by atoms with Crippen molar-refractivity contribution < 1.29 is 0 Å². The van der Waals surface area contributed by atoms with E-state index in [1.807, 2.05) is 6.07 Å². The summed E-state index contributed by atoms with van der Waals surface area (Å²) in [5, 5.41) is 0.590. The first kappa shape index (κ1) is 13.4. The van der Waals surface area contributed by atoms with Gasteiger partial charge in [0.1, 0.15) is 0 Å². The van der Waals surface area contributed by atoms with E-state index in [0.29, 0.717) is 0 Å². The van der Waals surface area contributed by atoms with E-state index < -0.39 is 0 Å². The van der Waals surface area contributed by atoms with Crippen LogP contribution in [0.3, 0.4) is 0 Å². The molecule has 0 aliphatic heterocycles. The van der Waals surface area contributed by atoms with Gasteiger partial charge in [-0.2, -0.15) is 0 Å². The summed E-state index contributed by atoms with van der Waals surface area (Å²) in [6, 6.07) is 8.15. The van der Waals surface area contributed by atoms with Crippen LogP contribution in [-0.2, 0) is 0 Å². The van der Waals surface area contributed by atoms with E-state index in [1.54, 1.807) is 11.3 Å². The molecule has 0 nitrogen and oxygen atoms in total. The van der Waals surface area contributed by atoms with Gasteiger partial charge < -0.3 is 0 Å². The first-order valence-corrected chi connectivity index (χ1v) is 7.58. The number of hydrogen-bond donors (Lipinski definition) is 0. The van der Waals surface area contributed by atoms with Crippen molar-refractivity contribution in [3.63, 3.8) is 0 Å². The van der Waals surface area contributed by atoms with E-state index in [4.69, 9.17) is 23.2 Å². The van der Waals surface area contributed by atoms with Crippen LogP contribution in [0, 0.1) is 13.8 Å². The van der Waals surface area contributed by atoms with Gasteiger partial charge in [-0.25, -0.2) is 0 Å². The van der Waals surface area contributed by atoms with Gasteiger partial charge in [-0.3, -0.25) is 0 Å². The van der Waals surface area contributed by atoms with Gasteiger partial charge in [0.05, 0.1) is 14.2 Å². The molecule has 0 amide bonds. The molecular weight excluding hydrogens is 339 g/mol. The standard InChI is InChI=1S/C13H11BrCl2S/c1-7-4-3-5-8(2)11(7)12(16)10-6-9(15)13(14)17-10/h3-6,12H,1-2H3. The summed E-state index contributed by atoms with van der Waals surface area (Å²) >= 11 is 17.6. The fourth-order valence-electron chi connectivity index (χ4n) is 1.86. The van der Waals surface area contributed by atoms with Crippen LogP contribution in [0.1, 0.15) is 26.9 Å². The summed E-state index contributed by atoms with van der Waals surface area (Å²) < 4.78 is 0.936. The third-order valence-corrected chi connectivity index (χ3v) is 5.83. The molecule has 0 aliphatic carbocycles. The Morgan fingerprint density at radius 1 is 1.24 bits per heavy atom. The van der Waals surface area contributed by atoms with Crippen molar-refractivity contribution in [3.8, 4) is 0 Å². The van der Waals surface area contributed by atoms with E-state index in [1.165, 1.54) is 16.7 Å². The predicted octanol–water partition coefficient (Wildman–Crippen LogP) is 6.11. The van der Waals surface area contributed by atoms with Gasteiger partial charge >= 0.3 is 0 Å². The fourth-order valence-corrected chi connectivity index (χ4v) is 4.13. The molecule has 1 aromatic carbocycles. The average Bonchev–Trinajstić information content (AvgIpc) is 2.59. The summed E-state index contributed by atoms with van der Waals surface area (Å²) in [6.07, 6.45) is 0. The number of alkyl halides is 1. The van der Waals surface area contributed by atoms with Gasteiger partial charge in [0.15, 0.2) is 0 Å². The first-order valence-electron chi connectivity index (χ1n) is 5.15. The molecule has 1 aromatic heterocycles. The van der Waals surface area contributed by atoms with Crippen LogP contribution in [0.4, 0.5) is 0 Å². The largest absolute Gasteiger partial charge is 0.130 e. The van der Waals surface area contributed by atoms with Gasteiger partial charge in [0.2, 0.25) is 0 Å². The van der Waals surface area contributed by atoms with Crippen LogP contribution in [0.25, 0.3) is 0 Å². The molecule has 90 valence electrons. The third kappa shape index (κ3) is 2.70. The number of halogens is 3. The maximum Gasteiger partial charge on any atom is 0.0933 e. The molecule has 0 radical (unpaired) electrons. The van der Waals surface area contributed by atoms with Crippen molar-refractivity contribution in [1.82, 2.24) is 0 Å². The summed E-state index contributed by atoms with van der Waals surface area (Å²) in [5.41, 5.74) is 3.61. The Morgan fingerprint density at radius 3 is 2.29 bits per heavy atom.